The normalized spacial score (nSPS) is 16.1. The summed E-state index contributed by atoms with van der Waals surface area (Å²) in [5.41, 5.74) is 5.14. The van der Waals surface area contributed by atoms with Gasteiger partial charge in [-0.3, -0.25) is 0 Å². The second kappa shape index (κ2) is 7.76. The minimum atomic E-state index is 0.561. The zero-order valence-electron chi connectivity index (χ0n) is 15.5. The third-order valence-electron chi connectivity index (χ3n) is 5.15. The third kappa shape index (κ3) is 3.68. The van der Waals surface area contributed by atoms with Crippen LogP contribution in [0, 0.1) is 0 Å². The molecule has 2 nitrogen and oxygen atoms in total. The predicted molar refractivity (Wildman–Crippen MR) is 109 cm³/mol. The lowest BCUT2D eigenvalue weighted by molar-refractivity contribution is 0.246. The highest BCUT2D eigenvalue weighted by molar-refractivity contribution is 9.10. The first kappa shape index (κ1) is 18.2. The van der Waals surface area contributed by atoms with E-state index in [2.05, 4.69) is 85.0 Å². The van der Waals surface area contributed by atoms with Crippen molar-refractivity contribution in [3.05, 3.63) is 63.6 Å². The second-order valence-corrected chi connectivity index (χ2v) is 7.65. The maximum atomic E-state index is 6.16. The van der Waals surface area contributed by atoms with Crippen LogP contribution in [0.3, 0.4) is 0 Å². The summed E-state index contributed by atoms with van der Waals surface area (Å²) in [6.07, 6.45) is 2.22. The van der Waals surface area contributed by atoms with Crippen LogP contribution in [-0.2, 0) is 0 Å². The summed E-state index contributed by atoms with van der Waals surface area (Å²) < 4.78 is 7.21. The molecule has 2 aromatic rings. The van der Waals surface area contributed by atoms with Crippen molar-refractivity contribution < 1.29 is 4.74 Å². The van der Waals surface area contributed by atoms with E-state index in [1.807, 2.05) is 6.07 Å². The highest BCUT2D eigenvalue weighted by Crippen LogP contribution is 2.46. The van der Waals surface area contributed by atoms with Crippen LogP contribution in [0.15, 0.2) is 52.5 Å². The highest BCUT2D eigenvalue weighted by Gasteiger charge is 2.24. The molecule has 0 amide bonds. The van der Waals surface area contributed by atoms with Crippen molar-refractivity contribution >= 4 is 21.5 Å². The quantitative estimate of drug-likeness (QED) is 0.485. The molecule has 0 fully saturated rings. The average molecular weight is 400 g/mol. The Labute approximate surface area is 159 Å². The van der Waals surface area contributed by atoms with Crippen LogP contribution < -0.4 is 4.74 Å². The number of benzene rings is 2. The molecule has 1 unspecified atom stereocenters. The zero-order valence-corrected chi connectivity index (χ0v) is 17.1. The van der Waals surface area contributed by atoms with Crippen LogP contribution in [-0.4, -0.2) is 24.5 Å². The zero-order chi connectivity index (χ0) is 18.0. The van der Waals surface area contributed by atoms with Crippen molar-refractivity contribution in [1.82, 2.24) is 4.90 Å². The Morgan fingerprint density at radius 1 is 1.08 bits per heavy atom. The van der Waals surface area contributed by atoms with E-state index in [9.17, 15) is 0 Å². The number of hydrogen-bond acceptors (Lipinski definition) is 2. The van der Waals surface area contributed by atoms with E-state index < -0.39 is 0 Å². The summed E-state index contributed by atoms with van der Waals surface area (Å²) in [6.45, 7) is 7.85. The smallest absolute Gasteiger partial charge is 0.136 e. The van der Waals surface area contributed by atoms with E-state index in [-0.39, 0.29) is 0 Å². The minimum absolute atomic E-state index is 0.561. The lowest BCUT2D eigenvalue weighted by Gasteiger charge is -2.29. The van der Waals surface area contributed by atoms with E-state index in [0.29, 0.717) is 6.04 Å². The van der Waals surface area contributed by atoms with Crippen molar-refractivity contribution in [3.63, 3.8) is 0 Å². The maximum absolute atomic E-state index is 6.16. The van der Waals surface area contributed by atoms with Crippen molar-refractivity contribution in [3.8, 4) is 11.5 Å². The van der Waals surface area contributed by atoms with Gasteiger partial charge in [-0.15, -0.1) is 0 Å². The number of ether oxygens (including phenoxy) is 1. The van der Waals surface area contributed by atoms with Gasteiger partial charge in [-0.1, -0.05) is 53.5 Å². The van der Waals surface area contributed by atoms with Crippen LogP contribution in [0.2, 0.25) is 0 Å². The lowest BCUT2D eigenvalue weighted by Crippen LogP contribution is -2.31. The molecule has 0 radical (unpaired) electrons. The summed E-state index contributed by atoms with van der Waals surface area (Å²) in [5, 5.41) is 0. The molecule has 0 aromatic heterocycles. The van der Waals surface area contributed by atoms with Gasteiger partial charge in [0.1, 0.15) is 11.5 Å². The van der Waals surface area contributed by atoms with Crippen molar-refractivity contribution in [1.29, 1.82) is 0 Å². The Morgan fingerprint density at radius 2 is 1.80 bits per heavy atom. The fraction of sp³-hybridized carbons (Fsp3) is 0.364. The molecule has 132 valence electrons. The van der Waals surface area contributed by atoms with Crippen LogP contribution in [0.25, 0.3) is 5.57 Å². The molecule has 2 aromatic carbocycles. The molecule has 0 aliphatic carbocycles. The van der Waals surface area contributed by atoms with Crippen LogP contribution in [0.5, 0.6) is 11.5 Å². The first-order chi connectivity index (χ1) is 12.0. The second-order valence-electron chi connectivity index (χ2n) is 6.73. The topological polar surface area (TPSA) is 12.5 Å². The van der Waals surface area contributed by atoms with Gasteiger partial charge in [-0.2, -0.15) is 0 Å². The first-order valence-corrected chi connectivity index (χ1v) is 9.81. The number of rotatable bonds is 5. The Balaban J connectivity index is 2.11. The molecule has 0 N–H and O–H groups in total. The number of para-hydroxylation sites is 1. The molecule has 25 heavy (non-hydrogen) atoms. The molecule has 1 aliphatic rings. The fourth-order valence-electron chi connectivity index (χ4n) is 3.60. The van der Waals surface area contributed by atoms with E-state index in [1.165, 1.54) is 22.3 Å². The summed E-state index contributed by atoms with van der Waals surface area (Å²) >= 11 is 3.56. The third-order valence-corrected chi connectivity index (χ3v) is 5.64. The Morgan fingerprint density at radius 3 is 2.52 bits per heavy atom. The standard InChI is InChI=1S/C22H26BrNO/c1-5-17(24(4)6-2)13-15(3)22-18-9-7-8-10-20(18)25-21-14-16(23)11-12-19(21)22/h7-12,14,17H,5-6,13H2,1-4H3/b22-15+. The predicted octanol–water partition coefficient (Wildman–Crippen LogP) is 6.50. The van der Waals surface area contributed by atoms with E-state index in [0.717, 1.165) is 35.4 Å². The van der Waals surface area contributed by atoms with E-state index in [4.69, 9.17) is 4.74 Å². The average Bonchev–Trinajstić information content (AvgIpc) is 2.63. The van der Waals surface area contributed by atoms with Gasteiger partial charge in [0, 0.05) is 21.6 Å². The highest BCUT2D eigenvalue weighted by atomic mass is 79.9. The Bertz CT molecular complexity index is 796. The van der Waals surface area contributed by atoms with Crippen LogP contribution in [0.4, 0.5) is 0 Å². The summed E-state index contributed by atoms with van der Waals surface area (Å²) in [4.78, 5) is 2.44. The summed E-state index contributed by atoms with van der Waals surface area (Å²) in [7, 11) is 2.22. The molecule has 0 saturated carbocycles. The van der Waals surface area contributed by atoms with Crippen LogP contribution in [0.1, 0.15) is 44.7 Å². The SMILES string of the molecule is CCC(C/C(C)=C1\c2ccccc2Oc2cc(Br)ccc21)N(C)CC. The van der Waals surface area contributed by atoms with E-state index in [1.54, 1.807) is 0 Å². The van der Waals surface area contributed by atoms with Crippen molar-refractivity contribution in [2.45, 2.75) is 39.7 Å². The van der Waals surface area contributed by atoms with Gasteiger partial charge in [0.2, 0.25) is 0 Å². The largest absolute Gasteiger partial charge is 0.456 e. The number of nitrogens with zero attached hydrogens (tertiary/aromatic N) is 1. The molecule has 0 saturated heterocycles. The monoisotopic (exact) mass is 399 g/mol. The molecular weight excluding hydrogens is 374 g/mol. The number of halogens is 1. The van der Waals surface area contributed by atoms with Crippen LogP contribution >= 0.6 is 15.9 Å². The van der Waals surface area contributed by atoms with Gasteiger partial charge in [0.05, 0.1) is 0 Å². The molecule has 1 aliphatic heterocycles. The minimum Gasteiger partial charge on any atom is -0.456 e. The molecular formula is C22H26BrNO. The molecule has 1 atom stereocenters. The summed E-state index contributed by atoms with van der Waals surface area (Å²) in [5.74, 6) is 1.87. The first-order valence-electron chi connectivity index (χ1n) is 9.02. The van der Waals surface area contributed by atoms with Gasteiger partial charge in [-0.25, -0.2) is 0 Å². The van der Waals surface area contributed by atoms with Gasteiger partial charge < -0.3 is 9.64 Å². The molecule has 3 heteroatoms. The number of fused-ring (bicyclic) bond motifs is 2. The maximum Gasteiger partial charge on any atom is 0.136 e. The molecule has 0 bridgehead atoms. The summed E-state index contributed by atoms with van der Waals surface area (Å²) in [6, 6.07) is 15.2. The lowest BCUT2D eigenvalue weighted by atomic mass is 9.87. The van der Waals surface area contributed by atoms with Crippen molar-refractivity contribution in [2.24, 2.45) is 0 Å². The number of hydrogen-bond donors (Lipinski definition) is 0. The fourth-order valence-corrected chi connectivity index (χ4v) is 3.94. The Hall–Kier alpha value is -1.58. The van der Waals surface area contributed by atoms with Gasteiger partial charge in [0.15, 0.2) is 0 Å². The molecule has 1 heterocycles. The van der Waals surface area contributed by atoms with Crippen molar-refractivity contribution in [2.75, 3.05) is 13.6 Å². The van der Waals surface area contributed by atoms with Gasteiger partial charge in [-0.05, 0) is 63.2 Å². The van der Waals surface area contributed by atoms with Gasteiger partial charge >= 0.3 is 0 Å². The Kier molecular flexibility index (Phi) is 5.65. The van der Waals surface area contributed by atoms with Gasteiger partial charge in [0.25, 0.3) is 0 Å². The molecule has 3 rings (SSSR count). The molecule has 0 spiro atoms. The van der Waals surface area contributed by atoms with E-state index >= 15 is 0 Å².